The van der Waals surface area contributed by atoms with Gasteiger partial charge in [-0.2, -0.15) is 0 Å². The number of benzene rings is 1. The summed E-state index contributed by atoms with van der Waals surface area (Å²) in [6.07, 6.45) is 1.33. The predicted molar refractivity (Wildman–Crippen MR) is 76.3 cm³/mol. The van der Waals surface area contributed by atoms with Crippen molar-refractivity contribution in [2.24, 2.45) is 0 Å². The molecule has 5 heteroatoms. The molecule has 0 radical (unpaired) electrons. The lowest BCUT2D eigenvalue weighted by Gasteiger charge is -2.20. The summed E-state index contributed by atoms with van der Waals surface area (Å²) in [6, 6.07) is 5.89. The highest BCUT2D eigenvalue weighted by atomic mass is 32.1. The molecule has 3 rings (SSSR count). The molecule has 1 fully saturated rings. The minimum Gasteiger partial charge on any atom is -0.399 e. The number of rotatable bonds is 1. The van der Waals surface area contributed by atoms with Crippen LogP contribution in [-0.4, -0.2) is 30.8 Å². The van der Waals surface area contributed by atoms with Gasteiger partial charge in [0, 0.05) is 25.4 Å². The van der Waals surface area contributed by atoms with E-state index in [-0.39, 0.29) is 6.10 Å². The van der Waals surface area contributed by atoms with Crippen LogP contribution in [0.1, 0.15) is 13.3 Å². The minimum atomic E-state index is 0.268. The SMILES string of the molecule is CC1CN(c2nc3ccc(N)cc3s2)CCCO1. The van der Waals surface area contributed by atoms with E-state index in [1.165, 1.54) is 0 Å². The molecule has 1 atom stereocenters. The van der Waals surface area contributed by atoms with E-state index < -0.39 is 0 Å². The van der Waals surface area contributed by atoms with Crippen LogP contribution in [0.3, 0.4) is 0 Å². The summed E-state index contributed by atoms with van der Waals surface area (Å²) < 4.78 is 6.82. The number of ether oxygens (including phenoxy) is 1. The maximum atomic E-state index is 5.80. The molecule has 1 aromatic carbocycles. The molecular formula is C13H17N3OS. The molecule has 0 bridgehead atoms. The van der Waals surface area contributed by atoms with Crippen LogP contribution in [0.15, 0.2) is 18.2 Å². The van der Waals surface area contributed by atoms with Gasteiger partial charge in [0.15, 0.2) is 5.13 Å². The van der Waals surface area contributed by atoms with Gasteiger partial charge in [-0.25, -0.2) is 4.98 Å². The first kappa shape index (κ1) is 11.7. The van der Waals surface area contributed by atoms with E-state index in [2.05, 4.69) is 16.8 Å². The molecule has 96 valence electrons. The molecule has 1 aliphatic heterocycles. The van der Waals surface area contributed by atoms with Gasteiger partial charge in [-0.1, -0.05) is 11.3 Å². The Kier molecular flexibility index (Phi) is 3.09. The molecule has 0 amide bonds. The first-order valence-electron chi connectivity index (χ1n) is 6.25. The maximum absolute atomic E-state index is 5.80. The van der Waals surface area contributed by atoms with E-state index in [9.17, 15) is 0 Å². The summed E-state index contributed by atoms with van der Waals surface area (Å²) in [5.74, 6) is 0. The fourth-order valence-electron chi connectivity index (χ4n) is 2.23. The molecule has 0 aliphatic carbocycles. The van der Waals surface area contributed by atoms with Gasteiger partial charge in [-0.05, 0) is 31.5 Å². The van der Waals surface area contributed by atoms with Crippen LogP contribution in [0.5, 0.6) is 0 Å². The summed E-state index contributed by atoms with van der Waals surface area (Å²) in [6.45, 7) is 4.88. The van der Waals surface area contributed by atoms with Crippen LogP contribution in [0, 0.1) is 0 Å². The Hall–Kier alpha value is -1.33. The number of anilines is 2. The second-order valence-corrected chi connectivity index (χ2v) is 5.71. The molecular weight excluding hydrogens is 246 g/mol. The van der Waals surface area contributed by atoms with Crippen molar-refractivity contribution in [1.29, 1.82) is 0 Å². The van der Waals surface area contributed by atoms with Crippen LogP contribution in [0.2, 0.25) is 0 Å². The van der Waals surface area contributed by atoms with Crippen LogP contribution in [0.4, 0.5) is 10.8 Å². The van der Waals surface area contributed by atoms with Crippen molar-refractivity contribution in [2.75, 3.05) is 30.3 Å². The third-order valence-corrected chi connectivity index (χ3v) is 4.20. The number of hydrogen-bond acceptors (Lipinski definition) is 5. The van der Waals surface area contributed by atoms with Crippen molar-refractivity contribution in [2.45, 2.75) is 19.4 Å². The summed E-state index contributed by atoms with van der Waals surface area (Å²) in [5.41, 5.74) is 7.63. The molecule has 18 heavy (non-hydrogen) atoms. The number of nitrogens with zero attached hydrogens (tertiary/aromatic N) is 2. The maximum Gasteiger partial charge on any atom is 0.186 e. The molecule has 2 heterocycles. The molecule has 0 spiro atoms. The normalized spacial score (nSPS) is 21.2. The summed E-state index contributed by atoms with van der Waals surface area (Å²) >= 11 is 1.71. The number of thiazole rings is 1. The lowest BCUT2D eigenvalue weighted by atomic mass is 10.3. The van der Waals surface area contributed by atoms with Gasteiger partial charge in [0.25, 0.3) is 0 Å². The van der Waals surface area contributed by atoms with E-state index >= 15 is 0 Å². The van der Waals surface area contributed by atoms with Crippen molar-refractivity contribution in [3.63, 3.8) is 0 Å². The summed E-state index contributed by atoms with van der Waals surface area (Å²) in [7, 11) is 0. The largest absolute Gasteiger partial charge is 0.399 e. The average Bonchev–Trinajstić information content (AvgIpc) is 2.63. The Morgan fingerprint density at radius 3 is 3.28 bits per heavy atom. The monoisotopic (exact) mass is 263 g/mol. The Bertz CT molecular complexity index is 554. The van der Waals surface area contributed by atoms with Gasteiger partial charge in [0.05, 0.1) is 16.3 Å². The third kappa shape index (κ3) is 2.28. The number of nitrogen functional groups attached to an aromatic ring is 1. The van der Waals surface area contributed by atoms with E-state index in [1.54, 1.807) is 11.3 Å². The number of nitrogens with two attached hydrogens (primary N) is 1. The fourth-order valence-corrected chi connectivity index (χ4v) is 3.28. The Morgan fingerprint density at radius 1 is 1.50 bits per heavy atom. The summed E-state index contributed by atoms with van der Waals surface area (Å²) in [5, 5.41) is 1.08. The highest BCUT2D eigenvalue weighted by Gasteiger charge is 2.18. The molecule has 2 N–H and O–H groups in total. The van der Waals surface area contributed by atoms with Crippen LogP contribution >= 0.6 is 11.3 Å². The van der Waals surface area contributed by atoms with Crippen molar-refractivity contribution in [1.82, 2.24) is 4.98 Å². The number of fused-ring (bicyclic) bond motifs is 1. The standard InChI is InChI=1S/C13H17N3OS/c1-9-8-16(5-2-6-17-9)13-15-11-4-3-10(14)7-12(11)18-13/h3-4,7,9H,2,5-6,8,14H2,1H3. The van der Waals surface area contributed by atoms with Gasteiger partial charge >= 0.3 is 0 Å². The van der Waals surface area contributed by atoms with E-state index in [0.29, 0.717) is 0 Å². The lowest BCUT2D eigenvalue weighted by Crippen LogP contribution is -2.29. The van der Waals surface area contributed by atoms with Crippen LogP contribution in [-0.2, 0) is 4.74 Å². The van der Waals surface area contributed by atoms with Crippen molar-refractivity contribution >= 4 is 32.4 Å². The summed E-state index contributed by atoms with van der Waals surface area (Å²) in [4.78, 5) is 7.00. The predicted octanol–water partition coefficient (Wildman–Crippen LogP) is 2.49. The zero-order chi connectivity index (χ0) is 12.5. The highest BCUT2D eigenvalue weighted by Crippen LogP contribution is 2.30. The van der Waals surface area contributed by atoms with Crippen molar-refractivity contribution in [3.05, 3.63) is 18.2 Å². The average molecular weight is 263 g/mol. The van der Waals surface area contributed by atoms with Gasteiger partial charge in [-0.15, -0.1) is 0 Å². The molecule has 2 aromatic rings. The smallest absolute Gasteiger partial charge is 0.186 e. The molecule has 1 saturated heterocycles. The second-order valence-electron chi connectivity index (χ2n) is 4.70. The van der Waals surface area contributed by atoms with E-state index in [4.69, 9.17) is 10.5 Å². The van der Waals surface area contributed by atoms with Crippen LogP contribution < -0.4 is 10.6 Å². The topological polar surface area (TPSA) is 51.4 Å². The van der Waals surface area contributed by atoms with Gasteiger partial charge in [-0.3, -0.25) is 0 Å². The molecule has 1 unspecified atom stereocenters. The molecule has 1 aliphatic rings. The second kappa shape index (κ2) is 4.74. The van der Waals surface area contributed by atoms with Crippen molar-refractivity contribution in [3.8, 4) is 0 Å². The molecule has 1 aromatic heterocycles. The fraction of sp³-hybridized carbons (Fsp3) is 0.462. The third-order valence-electron chi connectivity index (χ3n) is 3.12. The van der Waals surface area contributed by atoms with Crippen molar-refractivity contribution < 1.29 is 4.74 Å². The number of aromatic nitrogens is 1. The van der Waals surface area contributed by atoms with Crippen LogP contribution in [0.25, 0.3) is 10.2 Å². The first-order chi connectivity index (χ1) is 8.72. The zero-order valence-electron chi connectivity index (χ0n) is 10.4. The van der Waals surface area contributed by atoms with E-state index in [1.807, 2.05) is 18.2 Å². The van der Waals surface area contributed by atoms with Gasteiger partial charge < -0.3 is 15.4 Å². The molecule has 4 nitrogen and oxygen atoms in total. The quantitative estimate of drug-likeness (QED) is 0.803. The Morgan fingerprint density at radius 2 is 2.39 bits per heavy atom. The van der Waals surface area contributed by atoms with Gasteiger partial charge in [0.1, 0.15) is 0 Å². The highest BCUT2D eigenvalue weighted by molar-refractivity contribution is 7.22. The van der Waals surface area contributed by atoms with E-state index in [0.717, 1.165) is 47.2 Å². The first-order valence-corrected chi connectivity index (χ1v) is 7.06. The lowest BCUT2D eigenvalue weighted by molar-refractivity contribution is 0.0821. The molecule has 0 saturated carbocycles. The minimum absolute atomic E-state index is 0.268. The Balaban J connectivity index is 1.93. The van der Waals surface area contributed by atoms with Gasteiger partial charge in [0.2, 0.25) is 0 Å². The zero-order valence-corrected chi connectivity index (χ0v) is 11.2. The Labute approximate surface area is 110 Å². The number of hydrogen-bond donors (Lipinski definition) is 1.